The summed E-state index contributed by atoms with van der Waals surface area (Å²) in [5.41, 5.74) is 0.817. The molecule has 0 aliphatic carbocycles. The Labute approximate surface area is 107 Å². The highest BCUT2D eigenvalue weighted by molar-refractivity contribution is 5.79. The maximum absolute atomic E-state index is 12.0. The number of aldehydes is 1. The van der Waals surface area contributed by atoms with Crippen LogP contribution in [-0.4, -0.2) is 30.3 Å². The second-order valence-corrected chi connectivity index (χ2v) is 4.52. The zero-order valence-electron chi connectivity index (χ0n) is 10.3. The van der Waals surface area contributed by atoms with Crippen LogP contribution in [0.3, 0.4) is 0 Å². The van der Waals surface area contributed by atoms with Gasteiger partial charge in [-0.15, -0.1) is 0 Å². The molecule has 0 bridgehead atoms. The van der Waals surface area contributed by atoms with Gasteiger partial charge in [-0.1, -0.05) is 30.3 Å². The van der Waals surface area contributed by atoms with Crippen molar-refractivity contribution in [2.75, 3.05) is 13.1 Å². The van der Waals surface area contributed by atoms with Crippen LogP contribution in [0.2, 0.25) is 0 Å². The number of amides is 2. The first-order chi connectivity index (χ1) is 8.81. The van der Waals surface area contributed by atoms with Crippen LogP contribution in [0, 0.1) is 0 Å². The van der Waals surface area contributed by atoms with Crippen molar-refractivity contribution in [2.45, 2.75) is 25.3 Å². The van der Waals surface area contributed by atoms with E-state index < -0.39 is 6.04 Å². The maximum Gasteiger partial charge on any atom is 0.318 e. The first-order valence-electron chi connectivity index (χ1n) is 6.37. The second kappa shape index (κ2) is 6.19. The lowest BCUT2D eigenvalue weighted by Crippen LogP contribution is -2.44. The number of hydrogen-bond donors (Lipinski definition) is 1. The fourth-order valence-corrected chi connectivity index (χ4v) is 2.18. The molecule has 1 heterocycles. The third-order valence-electron chi connectivity index (χ3n) is 3.22. The van der Waals surface area contributed by atoms with E-state index in [4.69, 9.17) is 0 Å². The van der Waals surface area contributed by atoms with E-state index in [1.807, 2.05) is 30.3 Å². The van der Waals surface area contributed by atoms with Crippen molar-refractivity contribution in [3.63, 3.8) is 0 Å². The number of likely N-dealkylation sites (tertiary alicyclic amines) is 1. The number of urea groups is 1. The monoisotopic (exact) mass is 246 g/mol. The molecule has 96 valence electrons. The average Bonchev–Trinajstić information content (AvgIpc) is 2.46. The molecule has 1 aliphatic rings. The minimum Gasteiger partial charge on any atom is -0.325 e. The molecule has 1 aromatic rings. The zero-order valence-corrected chi connectivity index (χ0v) is 10.3. The molecule has 4 nitrogen and oxygen atoms in total. The Bertz CT molecular complexity index is 400. The predicted octanol–water partition coefficient (Wildman–Crippen LogP) is 2.12. The van der Waals surface area contributed by atoms with Crippen LogP contribution in [0.4, 0.5) is 4.79 Å². The van der Waals surface area contributed by atoms with Gasteiger partial charge >= 0.3 is 6.03 Å². The van der Waals surface area contributed by atoms with E-state index in [1.54, 1.807) is 4.90 Å². The van der Waals surface area contributed by atoms with Crippen molar-refractivity contribution in [1.29, 1.82) is 0 Å². The highest BCUT2D eigenvalue weighted by atomic mass is 16.2. The largest absolute Gasteiger partial charge is 0.325 e. The van der Waals surface area contributed by atoms with E-state index in [1.165, 1.54) is 6.42 Å². The van der Waals surface area contributed by atoms with Crippen molar-refractivity contribution in [2.24, 2.45) is 0 Å². The number of nitrogens with zero attached hydrogens (tertiary/aromatic N) is 1. The van der Waals surface area contributed by atoms with Gasteiger partial charge in [0.1, 0.15) is 12.3 Å². The number of benzene rings is 1. The zero-order chi connectivity index (χ0) is 12.8. The molecule has 1 fully saturated rings. The van der Waals surface area contributed by atoms with Gasteiger partial charge in [-0.05, 0) is 24.8 Å². The fraction of sp³-hybridized carbons (Fsp3) is 0.429. The van der Waals surface area contributed by atoms with Gasteiger partial charge in [0, 0.05) is 13.1 Å². The normalized spacial score (nSPS) is 17.0. The summed E-state index contributed by atoms with van der Waals surface area (Å²) in [6.45, 7) is 1.57. The van der Waals surface area contributed by atoms with Gasteiger partial charge in [-0.3, -0.25) is 0 Å². The lowest BCUT2D eigenvalue weighted by atomic mass is 10.1. The fourth-order valence-electron chi connectivity index (χ4n) is 2.18. The molecule has 1 aromatic carbocycles. The summed E-state index contributed by atoms with van der Waals surface area (Å²) in [4.78, 5) is 24.9. The number of carbonyl (C=O) groups excluding carboxylic acids is 2. The summed E-state index contributed by atoms with van der Waals surface area (Å²) in [6, 6.07) is 8.59. The first kappa shape index (κ1) is 12.6. The van der Waals surface area contributed by atoms with Gasteiger partial charge in [0.2, 0.25) is 0 Å². The van der Waals surface area contributed by atoms with Gasteiger partial charge < -0.3 is 15.0 Å². The summed E-state index contributed by atoms with van der Waals surface area (Å²) in [5, 5.41) is 2.77. The SMILES string of the molecule is O=CC(NC(=O)N1CCCCC1)c1ccccc1. The van der Waals surface area contributed by atoms with Crippen LogP contribution in [0.15, 0.2) is 30.3 Å². The summed E-state index contributed by atoms with van der Waals surface area (Å²) < 4.78 is 0. The van der Waals surface area contributed by atoms with Crippen molar-refractivity contribution in [3.8, 4) is 0 Å². The molecule has 0 spiro atoms. The van der Waals surface area contributed by atoms with Crippen LogP contribution < -0.4 is 5.32 Å². The van der Waals surface area contributed by atoms with E-state index in [-0.39, 0.29) is 6.03 Å². The summed E-state index contributed by atoms with van der Waals surface area (Å²) in [5.74, 6) is 0. The summed E-state index contributed by atoms with van der Waals surface area (Å²) in [7, 11) is 0. The Kier molecular flexibility index (Phi) is 4.34. The van der Waals surface area contributed by atoms with Crippen molar-refractivity contribution in [3.05, 3.63) is 35.9 Å². The Morgan fingerprint density at radius 1 is 1.17 bits per heavy atom. The minimum absolute atomic E-state index is 0.143. The molecule has 1 unspecified atom stereocenters. The molecule has 18 heavy (non-hydrogen) atoms. The van der Waals surface area contributed by atoms with Crippen LogP contribution in [0.5, 0.6) is 0 Å². The molecule has 1 aliphatic heterocycles. The topological polar surface area (TPSA) is 49.4 Å². The highest BCUT2D eigenvalue weighted by Crippen LogP contribution is 2.13. The van der Waals surface area contributed by atoms with Gasteiger partial charge in [0.15, 0.2) is 0 Å². The van der Waals surface area contributed by atoms with E-state index in [2.05, 4.69) is 5.32 Å². The third kappa shape index (κ3) is 3.09. The molecule has 2 amide bonds. The van der Waals surface area contributed by atoms with Crippen LogP contribution in [-0.2, 0) is 4.79 Å². The van der Waals surface area contributed by atoms with Gasteiger partial charge in [0.05, 0.1) is 0 Å². The quantitative estimate of drug-likeness (QED) is 0.830. The van der Waals surface area contributed by atoms with Crippen LogP contribution in [0.1, 0.15) is 30.9 Å². The highest BCUT2D eigenvalue weighted by Gasteiger charge is 2.20. The lowest BCUT2D eigenvalue weighted by Gasteiger charge is -2.28. The Balaban J connectivity index is 1.98. The smallest absolute Gasteiger partial charge is 0.318 e. The van der Waals surface area contributed by atoms with Gasteiger partial charge in [-0.2, -0.15) is 0 Å². The molecule has 1 N–H and O–H groups in total. The molecule has 1 atom stereocenters. The maximum atomic E-state index is 12.0. The number of piperidine rings is 1. The number of nitrogens with one attached hydrogen (secondary N) is 1. The third-order valence-corrected chi connectivity index (χ3v) is 3.22. The Morgan fingerprint density at radius 3 is 2.44 bits per heavy atom. The Morgan fingerprint density at radius 2 is 1.83 bits per heavy atom. The van der Waals surface area contributed by atoms with Crippen LogP contribution >= 0.6 is 0 Å². The van der Waals surface area contributed by atoms with E-state index in [0.29, 0.717) is 0 Å². The molecule has 1 saturated heterocycles. The lowest BCUT2D eigenvalue weighted by molar-refractivity contribution is -0.109. The van der Waals surface area contributed by atoms with Gasteiger partial charge in [-0.25, -0.2) is 4.79 Å². The first-order valence-corrected chi connectivity index (χ1v) is 6.37. The van der Waals surface area contributed by atoms with Crippen molar-refractivity contribution < 1.29 is 9.59 Å². The Hall–Kier alpha value is -1.84. The predicted molar refractivity (Wildman–Crippen MR) is 69.2 cm³/mol. The van der Waals surface area contributed by atoms with Crippen molar-refractivity contribution >= 4 is 12.3 Å². The van der Waals surface area contributed by atoms with Crippen molar-refractivity contribution in [1.82, 2.24) is 10.2 Å². The molecule has 2 rings (SSSR count). The standard InChI is InChI=1S/C14H18N2O2/c17-11-13(12-7-3-1-4-8-12)15-14(18)16-9-5-2-6-10-16/h1,3-4,7-8,11,13H,2,5-6,9-10H2,(H,15,18). The minimum atomic E-state index is -0.555. The number of rotatable bonds is 3. The van der Waals surface area contributed by atoms with E-state index >= 15 is 0 Å². The number of hydrogen-bond acceptors (Lipinski definition) is 2. The van der Waals surface area contributed by atoms with Gasteiger partial charge in [0.25, 0.3) is 0 Å². The number of carbonyl (C=O) groups is 2. The molecule has 0 aromatic heterocycles. The molecular weight excluding hydrogens is 228 g/mol. The van der Waals surface area contributed by atoms with E-state index in [9.17, 15) is 9.59 Å². The summed E-state index contributed by atoms with van der Waals surface area (Å²) >= 11 is 0. The van der Waals surface area contributed by atoms with Crippen LogP contribution in [0.25, 0.3) is 0 Å². The molecule has 0 saturated carbocycles. The second-order valence-electron chi connectivity index (χ2n) is 4.52. The average molecular weight is 246 g/mol. The molecule has 0 radical (unpaired) electrons. The molecular formula is C14H18N2O2. The van der Waals surface area contributed by atoms with E-state index in [0.717, 1.165) is 37.8 Å². The summed E-state index contributed by atoms with van der Waals surface area (Å²) in [6.07, 6.45) is 4.05. The molecule has 4 heteroatoms.